The van der Waals surface area contributed by atoms with Gasteiger partial charge in [-0.1, -0.05) is 23.2 Å². The molecule has 0 N–H and O–H groups in total. The molecule has 0 aliphatic heterocycles. The maximum Gasteiger partial charge on any atom is 0.152 e. The van der Waals surface area contributed by atoms with Crippen LogP contribution in [0.4, 0.5) is 0 Å². The highest BCUT2D eigenvalue weighted by Gasteiger charge is 2.10. The molecule has 0 bridgehead atoms. The standard InChI is InChI=1S/C13H9Cl2NO/c1-8-4-9(7-17)13(16-6-8)11-5-10(14)2-3-12(11)15/h2-7H,1H3. The molecule has 1 heterocycles. The van der Waals surface area contributed by atoms with Gasteiger partial charge in [-0.3, -0.25) is 9.78 Å². The second kappa shape index (κ2) is 4.86. The van der Waals surface area contributed by atoms with Crippen molar-refractivity contribution in [2.45, 2.75) is 6.92 Å². The third kappa shape index (κ3) is 2.48. The van der Waals surface area contributed by atoms with Gasteiger partial charge in [-0.05, 0) is 36.8 Å². The average Bonchev–Trinajstić information content (AvgIpc) is 2.32. The second-order valence-electron chi connectivity index (χ2n) is 3.69. The van der Waals surface area contributed by atoms with Crippen LogP contribution in [0.5, 0.6) is 0 Å². The quantitative estimate of drug-likeness (QED) is 0.763. The minimum atomic E-state index is 0.508. The van der Waals surface area contributed by atoms with E-state index in [9.17, 15) is 4.79 Å². The summed E-state index contributed by atoms with van der Waals surface area (Å²) >= 11 is 12.0. The summed E-state index contributed by atoms with van der Waals surface area (Å²) in [6, 6.07) is 6.86. The van der Waals surface area contributed by atoms with Crippen molar-refractivity contribution in [3.63, 3.8) is 0 Å². The molecule has 0 aliphatic carbocycles. The highest BCUT2D eigenvalue weighted by molar-refractivity contribution is 6.35. The van der Waals surface area contributed by atoms with E-state index in [0.717, 1.165) is 11.8 Å². The largest absolute Gasteiger partial charge is 0.298 e. The van der Waals surface area contributed by atoms with Crippen molar-refractivity contribution >= 4 is 29.5 Å². The minimum Gasteiger partial charge on any atom is -0.298 e. The van der Waals surface area contributed by atoms with Crippen LogP contribution in [-0.4, -0.2) is 11.3 Å². The zero-order valence-electron chi connectivity index (χ0n) is 9.08. The van der Waals surface area contributed by atoms with Gasteiger partial charge >= 0.3 is 0 Å². The molecular formula is C13H9Cl2NO. The zero-order valence-corrected chi connectivity index (χ0v) is 10.6. The summed E-state index contributed by atoms with van der Waals surface area (Å²) in [5.41, 5.74) is 2.66. The molecule has 0 saturated heterocycles. The first-order valence-corrected chi connectivity index (χ1v) is 5.74. The van der Waals surface area contributed by atoms with Crippen molar-refractivity contribution in [1.82, 2.24) is 4.98 Å². The third-order valence-electron chi connectivity index (χ3n) is 2.36. The van der Waals surface area contributed by atoms with E-state index in [0.29, 0.717) is 26.9 Å². The first-order valence-electron chi connectivity index (χ1n) is 4.99. The summed E-state index contributed by atoms with van der Waals surface area (Å²) in [6.07, 6.45) is 2.46. The summed E-state index contributed by atoms with van der Waals surface area (Å²) < 4.78 is 0. The molecule has 1 aromatic carbocycles. The van der Waals surface area contributed by atoms with Gasteiger partial charge in [-0.25, -0.2) is 0 Å². The fraction of sp³-hybridized carbons (Fsp3) is 0.0769. The molecule has 0 amide bonds. The Hall–Kier alpha value is -1.38. The number of pyridine rings is 1. The number of halogens is 2. The van der Waals surface area contributed by atoms with Crippen LogP contribution in [0.3, 0.4) is 0 Å². The van der Waals surface area contributed by atoms with Gasteiger partial charge < -0.3 is 0 Å². The summed E-state index contributed by atoms with van der Waals surface area (Å²) in [6.45, 7) is 1.88. The summed E-state index contributed by atoms with van der Waals surface area (Å²) in [7, 11) is 0. The lowest BCUT2D eigenvalue weighted by Crippen LogP contribution is -1.93. The topological polar surface area (TPSA) is 30.0 Å². The monoisotopic (exact) mass is 265 g/mol. The summed E-state index contributed by atoms with van der Waals surface area (Å²) in [5.74, 6) is 0. The number of nitrogens with zero attached hydrogens (tertiary/aromatic N) is 1. The Morgan fingerprint density at radius 3 is 2.71 bits per heavy atom. The fourth-order valence-corrected chi connectivity index (χ4v) is 1.96. The van der Waals surface area contributed by atoms with Crippen molar-refractivity contribution in [3.8, 4) is 11.3 Å². The first kappa shape index (κ1) is 12.1. The molecule has 2 rings (SSSR count). The van der Waals surface area contributed by atoms with Crippen molar-refractivity contribution in [3.05, 3.63) is 51.6 Å². The molecule has 0 aliphatic rings. The van der Waals surface area contributed by atoms with Crippen LogP contribution in [0.25, 0.3) is 11.3 Å². The van der Waals surface area contributed by atoms with Crippen LogP contribution < -0.4 is 0 Å². The Bertz CT molecular complexity index is 582. The number of aryl methyl sites for hydroxylation is 1. The van der Waals surface area contributed by atoms with Crippen molar-refractivity contribution < 1.29 is 4.79 Å². The van der Waals surface area contributed by atoms with Gasteiger partial charge in [0, 0.05) is 22.3 Å². The Balaban J connectivity index is 2.67. The average molecular weight is 266 g/mol. The molecule has 17 heavy (non-hydrogen) atoms. The van der Waals surface area contributed by atoms with E-state index in [1.807, 2.05) is 6.92 Å². The maximum atomic E-state index is 11.0. The third-order valence-corrected chi connectivity index (χ3v) is 2.93. The summed E-state index contributed by atoms with van der Waals surface area (Å²) in [5, 5.41) is 1.08. The predicted octanol–water partition coefficient (Wildman–Crippen LogP) is 4.18. The molecule has 0 atom stereocenters. The molecule has 0 radical (unpaired) electrons. The molecule has 4 heteroatoms. The highest BCUT2D eigenvalue weighted by atomic mass is 35.5. The molecule has 86 valence electrons. The number of benzene rings is 1. The van der Waals surface area contributed by atoms with Crippen LogP contribution >= 0.6 is 23.2 Å². The normalized spacial score (nSPS) is 10.3. The van der Waals surface area contributed by atoms with E-state index in [-0.39, 0.29) is 0 Å². The molecule has 0 spiro atoms. The number of aromatic nitrogens is 1. The Morgan fingerprint density at radius 1 is 1.24 bits per heavy atom. The predicted molar refractivity (Wildman–Crippen MR) is 69.8 cm³/mol. The number of hydrogen-bond acceptors (Lipinski definition) is 2. The van der Waals surface area contributed by atoms with Gasteiger partial charge in [0.15, 0.2) is 6.29 Å². The van der Waals surface area contributed by atoms with Gasteiger partial charge in [0.25, 0.3) is 0 Å². The lowest BCUT2D eigenvalue weighted by Gasteiger charge is -2.07. The number of carbonyl (C=O) groups excluding carboxylic acids is 1. The highest BCUT2D eigenvalue weighted by Crippen LogP contribution is 2.31. The van der Waals surface area contributed by atoms with Crippen molar-refractivity contribution in [2.75, 3.05) is 0 Å². The van der Waals surface area contributed by atoms with Crippen molar-refractivity contribution in [2.24, 2.45) is 0 Å². The van der Waals surface area contributed by atoms with E-state index < -0.39 is 0 Å². The minimum absolute atomic E-state index is 0.508. The van der Waals surface area contributed by atoms with E-state index in [4.69, 9.17) is 23.2 Å². The van der Waals surface area contributed by atoms with E-state index in [2.05, 4.69) is 4.98 Å². The summed E-state index contributed by atoms with van der Waals surface area (Å²) in [4.78, 5) is 15.3. The van der Waals surface area contributed by atoms with Crippen molar-refractivity contribution in [1.29, 1.82) is 0 Å². The van der Waals surface area contributed by atoms with E-state index in [1.165, 1.54) is 0 Å². The molecule has 0 unspecified atom stereocenters. The molecule has 2 nitrogen and oxygen atoms in total. The van der Waals surface area contributed by atoms with Gasteiger partial charge in [0.2, 0.25) is 0 Å². The Morgan fingerprint density at radius 2 is 2.00 bits per heavy atom. The lowest BCUT2D eigenvalue weighted by molar-refractivity contribution is 0.112. The van der Waals surface area contributed by atoms with Gasteiger partial charge in [0.1, 0.15) is 0 Å². The van der Waals surface area contributed by atoms with Gasteiger partial charge in [-0.2, -0.15) is 0 Å². The second-order valence-corrected chi connectivity index (χ2v) is 4.54. The maximum absolute atomic E-state index is 11.0. The SMILES string of the molecule is Cc1cnc(-c2cc(Cl)ccc2Cl)c(C=O)c1. The lowest BCUT2D eigenvalue weighted by atomic mass is 10.1. The number of aldehydes is 1. The molecule has 0 fully saturated rings. The van der Waals surface area contributed by atoms with Gasteiger partial charge in [0.05, 0.1) is 10.7 Å². The number of carbonyl (C=O) groups is 1. The zero-order chi connectivity index (χ0) is 12.4. The van der Waals surface area contributed by atoms with E-state index >= 15 is 0 Å². The van der Waals surface area contributed by atoms with Crippen LogP contribution in [0.15, 0.2) is 30.5 Å². The molecular weight excluding hydrogens is 257 g/mol. The van der Waals surface area contributed by atoms with Crippen LogP contribution in [0, 0.1) is 6.92 Å². The number of hydrogen-bond donors (Lipinski definition) is 0. The molecule has 1 aromatic heterocycles. The smallest absolute Gasteiger partial charge is 0.152 e. The molecule has 2 aromatic rings. The van der Waals surface area contributed by atoms with Crippen LogP contribution in [0.1, 0.15) is 15.9 Å². The first-order chi connectivity index (χ1) is 8.11. The number of rotatable bonds is 2. The Labute approximate surface area is 109 Å². The van der Waals surface area contributed by atoms with Gasteiger partial charge in [-0.15, -0.1) is 0 Å². The Kier molecular flexibility index (Phi) is 3.46. The van der Waals surface area contributed by atoms with E-state index in [1.54, 1.807) is 30.5 Å². The van der Waals surface area contributed by atoms with Crippen LogP contribution in [0.2, 0.25) is 10.0 Å². The molecule has 0 saturated carbocycles. The van der Waals surface area contributed by atoms with Crippen LogP contribution in [-0.2, 0) is 0 Å². The fourth-order valence-electron chi connectivity index (χ4n) is 1.59.